The molecule has 2 heteroatoms. The predicted molar refractivity (Wildman–Crippen MR) is 61.8 cm³/mol. The third-order valence-electron chi connectivity index (χ3n) is 2.36. The zero-order chi connectivity index (χ0) is 11.6. The topological polar surface area (TPSA) is 37.3 Å². The zero-order valence-corrected chi connectivity index (χ0v) is 9.37. The van der Waals surface area contributed by atoms with Gasteiger partial charge in [0.15, 0.2) is 0 Å². The number of carboxylic acid groups (broad SMARTS) is 1. The van der Waals surface area contributed by atoms with E-state index < -0.39 is 5.97 Å². The monoisotopic (exact) mass is 204 g/mol. The second-order valence-corrected chi connectivity index (χ2v) is 4.61. The summed E-state index contributed by atoms with van der Waals surface area (Å²) in [6, 6.07) is 7.50. The highest BCUT2D eigenvalue weighted by Gasteiger charge is 2.14. The maximum Gasteiger partial charge on any atom is 0.335 e. The molecule has 0 aliphatic carbocycles. The summed E-state index contributed by atoms with van der Waals surface area (Å²) < 4.78 is 0. The van der Waals surface area contributed by atoms with Crippen LogP contribution in [0.15, 0.2) is 30.8 Å². The largest absolute Gasteiger partial charge is 0.478 e. The molecule has 0 aromatic heterocycles. The molecule has 1 rings (SSSR count). The molecule has 1 aromatic rings. The lowest BCUT2D eigenvalue weighted by Gasteiger charge is -2.19. The fourth-order valence-corrected chi connectivity index (χ4v) is 1.29. The van der Waals surface area contributed by atoms with Gasteiger partial charge in [0.25, 0.3) is 0 Å². The minimum absolute atomic E-state index is 0.0864. The van der Waals surface area contributed by atoms with Crippen molar-refractivity contribution in [3.8, 4) is 0 Å². The van der Waals surface area contributed by atoms with Gasteiger partial charge in [-0.2, -0.15) is 0 Å². The van der Waals surface area contributed by atoms with Gasteiger partial charge < -0.3 is 5.11 Å². The Kier molecular flexibility index (Phi) is 2.98. The zero-order valence-electron chi connectivity index (χ0n) is 9.37. The van der Waals surface area contributed by atoms with Crippen molar-refractivity contribution in [1.29, 1.82) is 0 Å². The van der Waals surface area contributed by atoms with Crippen molar-refractivity contribution >= 4 is 11.5 Å². The average Bonchev–Trinajstić information content (AvgIpc) is 2.15. The third-order valence-corrected chi connectivity index (χ3v) is 2.36. The molecule has 2 nitrogen and oxygen atoms in total. The fraction of sp³-hybridized carbons (Fsp3) is 0.308. The highest BCUT2D eigenvalue weighted by molar-refractivity contribution is 6.14. The van der Waals surface area contributed by atoms with Crippen molar-refractivity contribution < 1.29 is 9.90 Å². The van der Waals surface area contributed by atoms with E-state index in [1.165, 1.54) is 5.56 Å². The molecule has 0 bridgehead atoms. The summed E-state index contributed by atoms with van der Waals surface area (Å²) in [5.41, 5.74) is 2.07. The molecular weight excluding hydrogens is 188 g/mol. The number of rotatable bonds is 2. The van der Waals surface area contributed by atoms with Crippen LogP contribution in [-0.4, -0.2) is 11.1 Å². The van der Waals surface area contributed by atoms with Gasteiger partial charge in [0.2, 0.25) is 0 Å². The molecule has 1 N–H and O–H groups in total. The van der Waals surface area contributed by atoms with Gasteiger partial charge in [-0.25, -0.2) is 4.79 Å². The van der Waals surface area contributed by atoms with E-state index in [0.29, 0.717) is 5.56 Å². The number of carbonyl (C=O) groups is 1. The van der Waals surface area contributed by atoms with E-state index in [0.717, 1.165) is 0 Å². The van der Waals surface area contributed by atoms with Crippen LogP contribution in [0.5, 0.6) is 0 Å². The first kappa shape index (κ1) is 11.5. The van der Waals surface area contributed by atoms with Crippen LogP contribution in [0.4, 0.5) is 0 Å². The summed E-state index contributed by atoms with van der Waals surface area (Å²) in [5.74, 6) is -0.974. The Morgan fingerprint density at radius 2 is 1.67 bits per heavy atom. The Hall–Kier alpha value is -1.57. The van der Waals surface area contributed by atoms with Gasteiger partial charge in [-0.1, -0.05) is 51.6 Å². The van der Waals surface area contributed by atoms with Gasteiger partial charge in [-0.3, -0.25) is 0 Å². The molecule has 0 fully saturated rings. The Morgan fingerprint density at radius 3 is 2.00 bits per heavy atom. The molecule has 0 saturated heterocycles. The van der Waals surface area contributed by atoms with E-state index in [4.69, 9.17) is 5.11 Å². The molecule has 0 spiro atoms. The van der Waals surface area contributed by atoms with Crippen molar-refractivity contribution in [1.82, 2.24) is 0 Å². The summed E-state index contributed by atoms with van der Waals surface area (Å²) in [4.78, 5) is 10.7. The van der Waals surface area contributed by atoms with Crippen molar-refractivity contribution in [2.45, 2.75) is 26.2 Å². The Morgan fingerprint density at radius 1 is 1.20 bits per heavy atom. The number of carboxylic acids is 1. The van der Waals surface area contributed by atoms with Gasteiger partial charge in [0.05, 0.1) is 5.57 Å². The van der Waals surface area contributed by atoms with Crippen LogP contribution < -0.4 is 0 Å². The van der Waals surface area contributed by atoms with Crippen LogP contribution in [-0.2, 0) is 10.2 Å². The smallest absolute Gasteiger partial charge is 0.335 e. The van der Waals surface area contributed by atoms with Gasteiger partial charge in [-0.05, 0) is 16.5 Å². The first-order valence-corrected chi connectivity index (χ1v) is 4.85. The Labute approximate surface area is 90.3 Å². The molecule has 80 valence electrons. The van der Waals surface area contributed by atoms with E-state index in [9.17, 15) is 4.79 Å². The molecule has 0 heterocycles. The van der Waals surface area contributed by atoms with Crippen LogP contribution >= 0.6 is 0 Å². The van der Waals surface area contributed by atoms with Gasteiger partial charge in [0.1, 0.15) is 0 Å². The summed E-state index contributed by atoms with van der Waals surface area (Å²) in [6.07, 6.45) is 0. The van der Waals surface area contributed by atoms with Crippen LogP contribution in [0.1, 0.15) is 31.9 Å². The van der Waals surface area contributed by atoms with Gasteiger partial charge in [-0.15, -0.1) is 0 Å². The summed E-state index contributed by atoms with van der Waals surface area (Å²) in [7, 11) is 0. The van der Waals surface area contributed by atoms with Crippen molar-refractivity contribution in [2.24, 2.45) is 0 Å². The summed E-state index contributed by atoms with van der Waals surface area (Å²) >= 11 is 0. The number of hydrogen-bond donors (Lipinski definition) is 1. The first-order chi connectivity index (χ1) is 6.82. The summed E-state index contributed by atoms with van der Waals surface area (Å²) in [6.45, 7) is 9.87. The molecule has 1 aromatic carbocycles. The second kappa shape index (κ2) is 3.89. The Balaban J connectivity index is 3.01. The number of benzene rings is 1. The molecule has 0 saturated carbocycles. The molecule has 0 unspecified atom stereocenters. The predicted octanol–water partition coefficient (Wildman–Crippen LogP) is 3.08. The van der Waals surface area contributed by atoms with Crippen LogP contribution in [0.3, 0.4) is 0 Å². The molecule has 0 atom stereocenters. The minimum Gasteiger partial charge on any atom is -0.478 e. The number of aliphatic carboxylic acids is 1. The van der Waals surface area contributed by atoms with E-state index in [2.05, 4.69) is 27.4 Å². The van der Waals surface area contributed by atoms with Crippen molar-refractivity contribution in [2.75, 3.05) is 0 Å². The van der Waals surface area contributed by atoms with E-state index >= 15 is 0 Å². The fourth-order valence-electron chi connectivity index (χ4n) is 1.29. The molecule has 0 amide bonds. The first-order valence-electron chi connectivity index (χ1n) is 4.85. The van der Waals surface area contributed by atoms with Gasteiger partial charge in [0, 0.05) is 0 Å². The maximum absolute atomic E-state index is 10.7. The lowest BCUT2D eigenvalue weighted by Crippen LogP contribution is -2.10. The van der Waals surface area contributed by atoms with Crippen LogP contribution in [0.25, 0.3) is 5.57 Å². The van der Waals surface area contributed by atoms with Crippen molar-refractivity contribution in [3.63, 3.8) is 0 Å². The number of hydrogen-bond acceptors (Lipinski definition) is 1. The second-order valence-electron chi connectivity index (χ2n) is 4.61. The minimum atomic E-state index is -0.974. The normalized spacial score (nSPS) is 11.1. The lowest BCUT2D eigenvalue weighted by molar-refractivity contribution is -0.130. The maximum atomic E-state index is 10.7. The van der Waals surface area contributed by atoms with Crippen molar-refractivity contribution in [3.05, 3.63) is 42.0 Å². The average molecular weight is 204 g/mol. The molecular formula is C13H16O2. The highest BCUT2D eigenvalue weighted by atomic mass is 16.4. The standard InChI is InChI=1S/C13H16O2/c1-9(12(14)15)10-5-7-11(8-6-10)13(2,3)4/h5-8H,1H2,2-4H3,(H,14,15). The van der Waals surface area contributed by atoms with Crippen LogP contribution in [0, 0.1) is 0 Å². The Bertz CT molecular complexity index is 380. The molecule has 15 heavy (non-hydrogen) atoms. The molecule has 0 aliphatic rings. The summed E-state index contributed by atoms with van der Waals surface area (Å²) in [5, 5.41) is 8.77. The van der Waals surface area contributed by atoms with E-state index in [1.54, 1.807) is 12.1 Å². The van der Waals surface area contributed by atoms with Crippen LogP contribution in [0.2, 0.25) is 0 Å². The molecule has 0 radical (unpaired) electrons. The lowest BCUT2D eigenvalue weighted by atomic mass is 9.86. The SMILES string of the molecule is C=C(C(=O)O)c1ccc(C(C)(C)C)cc1. The van der Waals surface area contributed by atoms with Gasteiger partial charge >= 0.3 is 5.97 Å². The molecule has 0 aliphatic heterocycles. The van der Waals surface area contributed by atoms with E-state index in [1.807, 2.05) is 12.1 Å². The third kappa shape index (κ3) is 2.69. The highest BCUT2D eigenvalue weighted by Crippen LogP contribution is 2.23. The van der Waals surface area contributed by atoms with E-state index in [-0.39, 0.29) is 11.0 Å². The quantitative estimate of drug-likeness (QED) is 0.752.